The van der Waals surface area contributed by atoms with E-state index >= 15 is 0 Å². The molecule has 0 bridgehead atoms. The van der Waals surface area contributed by atoms with E-state index in [0.29, 0.717) is 18.4 Å². The molecular weight excluding hydrogens is 205 g/mol. The highest BCUT2D eigenvalue weighted by molar-refractivity contribution is 5.45. The second kappa shape index (κ2) is 3.23. The molecule has 0 aliphatic heterocycles. The molecule has 1 aromatic rings. The third-order valence-corrected chi connectivity index (χ3v) is 2.87. The number of benzene rings is 1. The minimum absolute atomic E-state index is 0.232. The van der Waals surface area contributed by atoms with Crippen molar-refractivity contribution in [1.29, 1.82) is 0 Å². The summed E-state index contributed by atoms with van der Waals surface area (Å²) in [5.41, 5.74) is 0.384. The predicted molar refractivity (Wildman–Crippen MR) is 49.5 cm³/mol. The van der Waals surface area contributed by atoms with Crippen LogP contribution >= 0.6 is 0 Å². The van der Waals surface area contributed by atoms with Crippen LogP contribution in [0.1, 0.15) is 34.8 Å². The monoisotopic (exact) mass is 216 g/mol. The summed E-state index contributed by atoms with van der Waals surface area (Å²) >= 11 is 0. The highest BCUT2D eigenvalue weighted by Crippen LogP contribution is 2.42. The van der Waals surface area contributed by atoms with Crippen molar-refractivity contribution in [3.05, 3.63) is 34.4 Å². The Hall–Kier alpha value is -1.03. The molecule has 82 valence electrons. The first kappa shape index (κ1) is 10.5. The van der Waals surface area contributed by atoms with E-state index < -0.39 is 17.8 Å². The van der Waals surface area contributed by atoms with E-state index in [1.165, 1.54) is 13.0 Å². The Morgan fingerprint density at radius 1 is 1.33 bits per heavy atom. The molecule has 0 unspecified atom stereocenters. The first-order valence-corrected chi connectivity index (χ1v) is 4.79. The molecule has 0 radical (unpaired) electrons. The zero-order valence-electron chi connectivity index (χ0n) is 8.23. The van der Waals surface area contributed by atoms with Gasteiger partial charge in [-0.05, 0) is 36.5 Å². The molecule has 0 fully saturated rings. The maximum Gasteiger partial charge on any atom is 0.416 e. The van der Waals surface area contributed by atoms with Gasteiger partial charge in [-0.2, -0.15) is 13.2 Å². The Morgan fingerprint density at radius 3 is 2.60 bits per heavy atom. The average Bonchev–Trinajstić information content (AvgIpc) is 2.45. The van der Waals surface area contributed by atoms with Gasteiger partial charge in [-0.25, -0.2) is 0 Å². The summed E-state index contributed by atoms with van der Waals surface area (Å²) in [4.78, 5) is 0. The third-order valence-electron chi connectivity index (χ3n) is 2.87. The lowest BCUT2D eigenvalue weighted by atomic mass is 9.97. The van der Waals surface area contributed by atoms with E-state index in [9.17, 15) is 18.3 Å². The van der Waals surface area contributed by atoms with Crippen LogP contribution in [0.2, 0.25) is 0 Å². The topological polar surface area (TPSA) is 20.2 Å². The SMILES string of the molecule is Cc1ccc2c(c1C(F)(F)F)CC[C@@H]2O. The first-order chi connectivity index (χ1) is 6.91. The van der Waals surface area contributed by atoms with Crippen molar-refractivity contribution in [2.24, 2.45) is 0 Å². The Balaban J connectivity index is 2.64. The summed E-state index contributed by atoms with van der Waals surface area (Å²) in [5, 5.41) is 9.50. The summed E-state index contributed by atoms with van der Waals surface area (Å²) < 4.78 is 38.2. The number of rotatable bonds is 0. The minimum Gasteiger partial charge on any atom is -0.388 e. The second-order valence-corrected chi connectivity index (χ2v) is 3.88. The van der Waals surface area contributed by atoms with E-state index in [1.807, 2.05) is 0 Å². The van der Waals surface area contributed by atoms with Gasteiger partial charge in [-0.3, -0.25) is 0 Å². The molecular formula is C11H11F3O. The van der Waals surface area contributed by atoms with Crippen molar-refractivity contribution in [1.82, 2.24) is 0 Å². The van der Waals surface area contributed by atoms with E-state index in [2.05, 4.69) is 0 Å². The van der Waals surface area contributed by atoms with Crippen LogP contribution in [-0.2, 0) is 12.6 Å². The lowest BCUT2D eigenvalue weighted by Crippen LogP contribution is -2.11. The molecule has 15 heavy (non-hydrogen) atoms. The standard InChI is InChI=1S/C11H11F3O/c1-6-2-3-7-8(4-5-9(7)15)10(6)11(12,13)14/h2-3,9,15H,4-5H2,1H3/t9-/m0/s1. The molecule has 1 aromatic carbocycles. The second-order valence-electron chi connectivity index (χ2n) is 3.88. The fourth-order valence-corrected chi connectivity index (χ4v) is 2.19. The van der Waals surface area contributed by atoms with Crippen molar-refractivity contribution in [3.8, 4) is 0 Å². The molecule has 0 heterocycles. The van der Waals surface area contributed by atoms with E-state index in [4.69, 9.17) is 0 Å². The number of fused-ring (bicyclic) bond motifs is 1. The molecule has 0 aromatic heterocycles. The lowest BCUT2D eigenvalue weighted by Gasteiger charge is -2.15. The normalized spacial score (nSPS) is 20.5. The highest BCUT2D eigenvalue weighted by atomic mass is 19.4. The molecule has 0 amide bonds. The Labute approximate surface area is 85.5 Å². The molecule has 1 nitrogen and oxygen atoms in total. The van der Waals surface area contributed by atoms with Gasteiger partial charge in [0.1, 0.15) is 0 Å². The number of hydrogen-bond donors (Lipinski definition) is 1. The largest absolute Gasteiger partial charge is 0.416 e. The zero-order chi connectivity index (χ0) is 11.2. The van der Waals surface area contributed by atoms with Gasteiger partial charge in [0, 0.05) is 0 Å². The van der Waals surface area contributed by atoms with Gasteiger partial charge in [0.25, 0.3) is 0 Å². The Bertz CT molecular complexity index is 396. The van der Waals surface area contributed by atoms with E-state index in [1.54, 1.807) is 6.07 Å². The molecule has 0 spiro atoms. The lowest BCUT2D eigenvalue weighted by molar-refractivity contribution is -0.138. The third kappa shape index (κ3) is 1.63. The van der Waals surface area contributed by atoms with Crippen LogP contribution in [0.25, 0.3) is 0 Å². The van der Waals surface area contributed by atoms with Crippen LogP contribution in [-0.4, -0.2) is 5.11 Å². The van der Waals surface area contributed by atoms with Gasteiger partial charge in [-0.1, -0.05) is 12.1 Å². The van der Waals surface area contributed by atoms with Crippen LogP contribution in [0, 0.1) is 6.92 Å². The molecule has 2 rings (SSSR count). The zero-order valence-corrected chi connectivity index (χ0v) is 8.23. The van der Waals surface area contributed by atoms with Gasteiger partial charge in [-0.15, -0.1) is 0 Å². The summed E-state index contributed by atoms with van der Waals surface area (Å²) in [6, 6.07) is 3.02. The van der Waals surface area contributed by atoms with Crippen LogP contribution in [0.5, 0.6) is 0 Å². The summed E-state index contributed by atoms with van der Waals surface area (Å²) in [5.74, 6) is 0. The number of halogens is 3. The van der Waals surface area contributed by atoms with Crippen molar-refractivity contribution in [2.75, 3.05) is 0 Å². The van der Waals surface area contributed by atoms with Crippen LogP contribution < -0.4 is 0 Å². The maximum absolute atomic E-state index is 12.7. The fourth-order valence-electron chi connectivity index (χ4n) is 2.19. The van der Waals surface area contributed by atoms with Crippen molar-refractivity contribution in [2.45, 2.75) is 32.0 Å². The summed E-state index contributed by atoms with van der Waals surface area (Å²) in [7, 11) is 0. The minimum atomic E-state index is -4.32. The van der Waals surface area contributed by atoms with Crippen LogP contribution in [0.15, 0.2) is 12.1 Å². The van der Waals surface area contributed by atoms with Gasteiger partial charge < -0.3 is 5.11 Å². The number of aliphatic hydroxyl groups is 1. The quantitative estimate of drug-likeness (QED) is 0.706. The summed E-state index contributed by atoms with van der Waals surface area (Å²) in [6.07, 6.45) is -4.35. The van der Waals surface area contributed by atoms with Gasteiger partial charge >= 0.3 is 6.18 Å². The van der Waals surface area contributed by atoms with Gasteiger partial charge in [0.05, 0.1) is 11.7 Å². The molecule has 1 N–H and O–H groups in total. The van der Waals surface area contributed by atoms with Crippen molar-refractivity contribution in [3.63, 3.8) is 0 Å². The number of aryl methyl sites for hydroxylation is 1. The molecule has 4 heteroatoms. The van der Waals surface area contributed by atoms with E-state index in [-0.39, 0.29) is 11.1 Å². The van der Waals surface area contributed by atoms with Crippen molar-refractivity contribution < 1.29 is 18.3 Å². The van der Waals surface area contributed by atoms with Gasteiger partial charge in [0.15, 0.2) is 0 Å². The van der Waals surface area contributed by atoms with Crippen LogP contribution in [0.3, 0.4) is 0 Å². The maximum atomic E-state index is 12.7. The van der Waals surface area contributed by atoms with Gasteiger partial charge in [0.2, 0.25) is 0 Å². The number of hydrogen-bond acceptors (Lipinski definition) is 1. The predicted octanol–water partition coefficient (Wildman–Crippen LogP) is 2.99. The van der Waals surface area contributed by atoms with Crippen molar-refractivity contribution >= 4 is 0 Å². The molecule has 0 saturated heterocycles. The smallest absolute Gasteiger partial charge is 0.388 e. The van der Waals surface area contributed by atoms with E-state index in [0.717, 1.165) is 0 Å². The Kier molecular flexibility index (Phi) is 2.26. The number of aliphatic hydroxyl groups excluding tert-OH is 1. The number of alkyl halides is 3. The molecule has 1 atom stereocenters. The molecule has 0 saturated carbocycles. The first-order valence-electron chi connectivity index (χ1n) is 4.79. The fraction of sp³-hybridized carbons (Fsp3) is 0.455. The summed E-state index contributed by atoms with van der Waals surface area (Å²) in [6.45, 7) is 1.45. The Morgan fingerprint density at radius 2 is 2.00 bits per heavy atom. The van der Waals surface area contributed by atoms with Crippen LogP contribution in [0.4, 0.5) is 13.2 Å². The average molecular weight is 216 g/mol. The highest BCUT2D eigenvalue weighted by Gasteiger charge is 2.38. The molecule has 1 aliphatic carbocycles. The molecule has 1 aliphatic rings.